The van der Waals surface area contributed by atoms with Crippen LogP contribution in [0.15, 0.2) is 0 Å². The minimum absolute atomic E-state index is 1.37. The Kier molecular flexibility index (Phi) is 21.1. The smallest absolute Gasteiger partial charge is 0.379 e. The van der Waals surface area contributed by atoms with Crippen molar-refractivity contribution in [3.05, 3.63) is 0 Å². The zero-order chi connectivity index (χ0) is 13.4. The maximum atomic E-state index is 4.74. The largest absolute Gasteiger partial charge is 0.483 e. The molecule has 0 atom stereocenters. The summed E-state index contributed by atoms with van der Waals surface area (Å²) in [5.74, 6) is 0. The topological polar surface area (TPSA) is 27.7 Å². The fraction of sp³-hybridized carbons (Fsp3) is 1.00. The van der Waals surface area contributed by atoms with Crippen molar-refractivity contribution in [2.75, 3.05) is 21.3 Å². The van der Waals surface area contributed by atoms with Gasteiger partial charge < -0.3 is 13.3 Å². The van der Waals surface area contributed by atoms with Crippen LogP contribution in [-0.2, 0) is 13.3 Å². The first kappa shape index (κ1) is 19.4. The van der Waals surface area contributed by atoms with Crippen molar-refractivity contribution in [2.45, 2.75) is 65.2 Å². The molecule has 0 bridgehead atoms. The predicted molar refractivity (Wildman–Crippen MR) is 76.5 cm³/mol. The summed E-state index contributed by atoms with van der Waals surface area (Å²) in [6.07, 6.45) is 11.5. The molecule has 0 saturated carbocycles. The molecule has 0 amide bonds. The zero-order valence-electron chi connectivity index (χ0n) is 12.5. The van der Waals surface area contributed by atoms with Crippen molar-refractivity contribution >= 4 is 9.53 Å². The van der Waals surface area contributed by atoms with Gasteiger partial charge in [0.2, 0.25) is 0 Å². The molecule has 0 aliphatic rings. The van der Waals surface area contributed by atoms with E-state index < -0.39 is 9.53 Å². The molecule has 0 heterocycles. The van der Waals surface area contributed by atoms with Crippen LogP contribution in [0.3, 0.4) is 0 Å². The third kappa shape index (κ3) is 18.6. The molecule has 0 N–H and O–H groups in total. The maximum absolute atomic E-state index is 4.74. The van der Waals surface area contributed by atoms with Gasteiger partial charge in [0.25, 0.3) is 0 Å². The Morgan fingerprint density at radius 2 is 0.882 bits per heavy atom. The van der Waals surface area contributed by atoms with Crippen molar-refractivity contribution in [1.82, 2.24) is 0 Å². The molecule has 0 spiro atoms. The van der Waals surface area contributed by atoms with Gasteiger partial charge in [0.05, 0.1) is 0 Å². The molecule has 3 nitrogen and oxygen atoms in total. The molecule has 0 aromatic rings. The van der Waals surface area contributed by atoms with Crippen LogP contribution in [0, 0.1) is 0 Å². The van der Waals surface area contributed by atoms with Gasteiger partial charge in [0.1, 0.15) is 0 Å². The SMILES string of the molecule is CCCCCCCCCC.CO[SiH](OC)OC. The summed E-state index contributed by atoms with van der Waals surface area (Å²) >= 11 is 0. The van der Waals surface area contributed by atoms with E-state index in [-0.39, 0.29) is 0 Å². The highest BCUT2D eigenvalue weighted by molar-refractivity contribution is 6.36. The summed E-state index contributed by atoms with van der Waals surface area (Å²) in [5, 5.41) is 0. The average Bonchev–Trinajstić information content (AvgIpc) is 2.37. The van der Waals surface area contributed by atoms with E-state index in [2.05, 4.69) is 13.8 Å². The van der Waals surface area contributed by atoms with Crippen LogP contribution >= 0.6 is 0 Å². The molecule has 0 aromatic carbocycles. The lowest BCUT2D eigenvalue weighted by molar-refractivity contribution is 0.163. The normalized spacial score (nSPS) is 10.2. The lowest BCUT2D eigenvalue weighted by Gasteiger charge is -2.05. The molecule has 0 fully saturated rings. The highest BCUT2D eigenvalue weighted by atomic mass is 28.3. The van der Waals surface area contributed by atoms with E-state index in [1.807, 2.05) is 0 Å². The van der Waals surface area contributed by atoms with Crippen molar-refractivity contribution in [2.24, 2.45) is 0 Å². The van der Waals surface area contributed by atoms with Crippen LogP contribution in [0.25, 0.3) is 0 Å². The first-order valence-corrected chi connectivity index (χ1v) is 8.26. The van der Waals surface area contributed by atoms with Crippen LogP contribution in [-0.4, -0.2) is 30.9 Å². The number of rotatable bonds is 10. The quantitative estimate of drug-likeness (QED) is 0.444. The number of hydrogen-bond acceptors (Lipinski definition) is 3. The fourth-order valence-corrected chi connectivity index (χ4v) is 2.07. The van der Waals surface area contributed by atoms with Crippen LogP contribution in [0.2, 0.25) is 0 Å². The molecular weight excluding hydrogens is 232 g/mol. The molecule has 0 aromatic heterocycles. The molecule has 17 heavy (non-hydrogen) atoms. The number of unbranched alkanes of at least 4 members (excludes halogenated alkanes) is 7. The lowest BCUT2D eigenvalue weighted by atomic mass is 10.1. The van der Waals surface area contributed by atoms with Gasteiger partial charge in [-0.25, -0.2) is 0 Å². The zero-order valence-corrected chi connectivity index (χ0v) is 13.6. The second-order valence-corrected chi connectivity index (χ2v) is 6.11. The third-order valence-electron chi connectivity index (χ3n) is 2.53. The molecule has 0 radical (unpaired) electrons. The van der Waals surface area contributed by atoms with E-state index in [0.29, 0.717) is 0 Å². The minimum Gasteiger partial charge on any atom is -0.379 e. The van der Waals surface area contributed by atoms with Gasteiger partial charge in [-0.05, 0) is 0 Å². The Hall–Kier alpha value is 0.0969. The molecule has 4 heteroatoms. The van der Waals surface area contributed by atoms with Crippen LogP contribution in [0.5, 0.6) is 0 Å². The number of hydrogen-bond donors (Lipinski definition) is 0. The van der Waals surface area contributed by atoms with Gasteiger partial charge in [-0.1, -0.05) is 65.2 Å². The molecule has 0 saturated heterocycles. The fourth-order valence-electron chi connectivity index (χ4n) is 1.50. The maximum Gasteiger partial charge on any atom is 0.483 e. The summed E-state index contributed by atoms with van der Waals surface area (Å²) in [5.41, 5.74) is 0. The van der Waals surface area contributed by atoms with E-state index >= 15 is 0 Å². The predicted octanol–water partition coefficient (Wildman–Crippen LogP) is 3.79. The van der Waals surface area contributed by atoms with Crippen molar-refractivity contribution < 1.29 is 13.3 Å². The third-order valence-corrected chi connectivity index (χ3v) is 3.69. The summed E-state index contributed by atoms with van der Waals surface area (Å²) in [6.45, 7) is 4.54. The second-order valence-electron chi connectivity index (χ2n) is 4.12. The van der Waals surface area contributed by atoms with E-state index in [1.165, 1.54) is 51.4 Å². The van der Waals surface area contributed by atoms with Gasteiger partial charge >= 0.3 is 9.53 Å². The molecular formula is C13H32O3Si. The standard InChI is InChI=1S/C10H22.C3H10O3Si/c1-3-5-7-9-10-8-6-4-2;1-4-7(5-2)6-3/h3-10H2,1-2H3;7H,1-3H3. The lowest BCUT2D eigenvalue weighted by Crippen LogP contribution is -2.21. The molecule has 0 aliphatic carbocycles. The van der Waals surface area contributed by atoms with E-state index in [4.69, 9.17) is 13.3 Å². The van der Waals surface area contributed by atoms with Crippen molar-refractivity contribution in [3.63, 3.8) is 0 Å². The van der Waals surface area contributed by atoms with Gasteiger partial charge in [-0.3, -0.25) is 0 Å². The monoisotopic (exact) mass is 264 g/mol. The van der Waals surface area contributed by atoms with E-state index in [1.54, 1.807) is 21.3 Å². The van der Waals surface area contributed by atoms with Crippen molar-refractivity contribution in [1.29, 1.82) is 0 Å². The second kappa shape index (κ2) is 18.5. The Morgan fingerprint density at radius 1 is 0.588 bits per heavy atom. The van der Waals surface area contributed by atoms with E-state index in [0.717, 1.165) is 0 Å². The summed E-state index contributed by atoms with van der Waals surface area (Å²) in [6, 6.07) is 0. The minimum atomic E-state index is -1.67. The highest BCUT2D eigenvalue weighted by Gasteiger charge is 2.04. The molecule has 0 rings (SSSR count). The van der Waals surface area contributed by atoms with Gasteiger partial charge in [-0.15, -0.1) is 0 Å². The molecule has 106 valence electrons. The van der Waals surface area contributed by atoms with Gasteiger partial charge in [-0.2, -0.15) is 0 Å². The first-order valence-electron chi connectivity index (χ1n) is 6.85. The Morgan fingerprint density at radius 3 is 1.06 bits per heavy atom. The summed E-state index contributed by atoms with van der Waals surface area (Å²) in [4.78, 5) is 0. The van der Waals surface area contributed by atoms with Gasteiger partial charge in [0, 0.05) is 21.3 Å². The van der Waals surface area contributed by atoms with Gasteiger partial charge in [0.15, 0.2) is 0 Å². The molecule has 0 unspecified atom stereocenters. The first-order chi connectivity index (χ1) is 8.26. The van der Waals surface area contributed by atoms with Crippen LogP contribution in [0.4, 0.5) is 0 Å². The molecule has 0 aliphatic heterocycles. The summed E-state index contributed by atoms with van der Waals surface area (Å²) < 4.78 is 14.2. The Labute approximate surface area is 110 Å². The van der Waals surface area contributed by atoms with Crippen LogP contribution in [0.1, 0.15) is 65.2 Å². The highest BCUT2D eigenvalue weighted by Crippen LogP contribution is 2.07. The van der Waals surface area contributed by atoms with Crippen LogP contribution < -0.4 is 0 Å². The summed E-state index contributed by atoms with van der Waals surface area (Å²) in [7, 11) is 3.05. The Bertz CT molecular complexity index is 106. The van der Waals surface area contributed by atoms with E-state index in [9.17, 15) is 0 Å². The average molecular weight is 264 g/mol. The van der Waals surface area contributed by atoms with Crippen molar-refractivity contribution in [3.8, 4) is 0 Å². The Balaban J connectivity index is 0.